The summed E-state index contributed by atoms with van der Waals surface area (Å²) in [6, 6.07) is 17.9. The molecular weight excluding hydrogens is 312 g/mol. The van der Waals surface area contributed by atoms with Crippen molar-refractivity contribution in [3.05, 3.63) is 83.9 Å². The molecule has 126 valence electrons. The van der Waals surface area contributed by atoms with E-state index in [1.54, 1.807) is 24.3 Å². The normalized spacial score (nSPS) is 23.2. The molecule has 0 saturated heterocycles. The van der Waals surface area contributed by atoms with Crippen LogP contribution in [0.1, 0.15) is 24.0 Å². The van der Waals surface area contributed by atoms with Crippen LogP contribution in [0.5, 0.6) is 0 Å². The molecular formula is C21H20N2O2. The summed E-state index contributed by atoms with van der Waals surface area (Å²) in [5.74, 6) is 0.450. The Bertz CT molecular complexity index is 788. The largest absolute Gasteiger partial charge is 0.372 e. The molecule has 1 amide bonds. The number of rotatable bonds is 4. The lowest BCUT2D eigenvalue weighted by Crippen LogP contribution is -2.45. The Morgan fingerprint density at radius 3 is 2.20 bits per heavy atom. The maximum atomic E-state index is 12.9. The molecule has 0 aromatic heterocycles. The number of amides is 1. The average Bonchev–Trinajstić information content (AvgIpc) is 3.03. The van der Waals surface area contributed by atoms with Crippen molar-refractivity contribution in [3.8, 4) is 0 Å². The Hall–Kier alpha value is -2.72. The van der Waals surface area contributed by atoms with Crippen molar-refractivity contribution in [3.63, 3.8) is 0 Å². The fraction of sp³-hybridized carbons (Fsp3) is 0.238. The van der Waals surface area contributed by atoms with Gasteiger partial charge >= 0.3 is 0 Å². The Morgan fingerprint density at radius 2 is 1.64 bits per heavy atom. The minimum atomic E-state index is -1.77. The Morgan fingerprint density at radius 1 is 1.04 bits per heavy atom. The van der Waals surface area contributed by atoms with E-state index in [0.717, 1.165) is 18.6 Å². The lowest BCUT2D eigenvalue weighted by molar-refractivity contribution is -0.136. The van der Waals surface area contributed by atoms with E-state index in [1.165, 1.54) is 0 Å². The van der Waals surface area contributed by atoms with E-state index in [2.05, 4.69) is 22.7 Å². The molecule has 0 aliphatic heterocycles. The zero-order chi connectivity index (χ0) is 17.3. The highest BCUT2D eigenvalue weighted by molar-refractivity contribution is 5.96. The third-order valence-corrected chi connectivity index (χ3v) is 5.18. The van der Waals surface area contributed by atoms with Crippen LogP contribution in [0.4, 0.5) is 0 Å². The molecule has 2 aliphatic rings. The van der Waals surface area contributed by atoms with Crippen molar-refractivity contribution in [2.75, 3.05) is 0 Å². The molecule has 25 heavy (non-hydrogen) atoms. The van der Waals surface area contributed by atoms with Crippen LogP contribution < -0.4 is 5.43 Å². The third kappa shape index (κ3) is 2.68. The summed E-state index contributed by atoms with van der Waals surface area (Å²) in [6.07, 6.45) is 6.26. The number of benzene rings is 2. The summed E-state index contributed by atoms with van der Waals surface area (Å²) < 4.78 is 0. The van der Waals surface area contributed by atoms with Gasteiger partial charge in [0, 0.05) is 11.6 Å². The van der Waals surface area contributed by atoms with Gasteiger partial charge in [0.05, 0.1) is 0 Å². The number of carbonyl (C=O) groups excluding carboxylic acids is 1. The standard InChI is InChI=1S/C21H20N2O2/c24-20(23-22-19-14-15-8-7-13-18(15)19)21(25,16-9-3-1-4-10-16)17-11-5-2-6-12-17/h1-12,15,18,25H,13-14H2,(H,23,24)/b22-19+. The van der Waals surface area contributed by atoms with Crippen LogP contribution in [0.25, 0.3) is 0 Å². The van der Waals surface area contributed by atoms with Crippen LogP contribution in [0, 0.1) is 11.8 Å². The molecule has 4 nitrogen and oxygen atoms in total. The van der Waals surface area contributed by atoms with E-state index >= 15 is 0 Å². The van der Waals surface area contributed by atoms with Crippen molar-refractivity contribution >= 4 is 11.6 Å². The summed E-state index contributed by atoms with van der Waals surface area (Å²) in [7, 11) is 0. The maximum absolute atomic E-state index is 12.9. The van der Waals surface area contributed by atoms with Crippen LogP contribution in [0.15, 0.2) is 77.9 Å². The van der Waals surface area contributed by atoms with Crippen LogP contribution >= 0.6 is 0 Å². The lowest BCUT2D eigenvalue weighted by Gasteiger charge is -2.32. The third-order valence-electron chi connectivity index (χ3n) is 5.18. The molecule has 0 radical (unpaired) electrons. The van der Waals surface area contributed by atoms with Crippen LogP contribution in [-0.2, 0) is 10.4 Å². The summed E-state index contributed by atoms with van der Waals surface area (Å²) in [5, 5.41) is 15.6. The number of hydrazone groups is 1. The van der Waals surface area contributed by atoms with Crippen LogP contribution in [-0.4, -0.2) is 16.7 Å². The topological polar surface area (TPSA) is 61.7 Å². The Labute approximate surface area is 146 Å². The summed E-state index contributed by atoms with van der Waals surface area (Å²) >= 11 is 0. The van der Waals surface area contributed by atoms with Gasteiger partial charge in [-0.25, -0.2) is 5.43 Å². The van der Waals surface area contributed by atoms with E-state index < -0.39 is 11.5 Å². The summed E-state index contributed by atoms with van der Waals surface area (Å²) in [5.41, 5.74) is 2.88. The molecule has 1 fully saturated rings. The zero-order valence-electron chi connectivity index (χ0n) is 13.8. The van der Waals surface area contributed by atoms with Crippen molar-refractivity contribution in [1.82, 2.24) is 5.43 Å². The van der Waals surface area contributed by atoms with E-state index in [9.17, 15) is 9.90 Å². The van der Waals surface area contributed by atoms with Gasteiger partial charge in [0.2, 0.25) is 0 Å². The van der Waals surface area contributed by atoms with E-state index in [0.29, 0.717) is 23.0 Å². The molecule has 0 spiro atoms. The molecule has 2 aliphatic carbocycles. The molecule has 4 heteroatoms. The number of nitrogens with one attached hydrogen (secondary N) is 1. The second-order valence-corrected chi connectivity index (χ2v) is 6.62. The molecule has 1 saturated carbocycles. The first-order valence-electron chi connectivity index (χ1n) is 8.56. The second kappa shape index (κ2) is 6.30. The van der Waals surface area contributed by atoms with Gasteiger partial charge in [-0.2, -0.15) is 5.10 Å². The van der Waals surface area contributed by atoms with Crippen LogP contribution in [0.3, 0.4) is 0 Å². The van der Waals surface area contributed by atoms with Gasteiger partial charge in [-0.05, 0) is 29.9 Å². The van der Waals surface area contributed by atoms with Crippen LogP contribution in [0.2, 0.25) is 0 Å². The van der Waals surface area contributed by atoms with Gasteiger partial charge in [-0.1, -0.05) is 72.8 Å². The molecule has 4 rings (SSSR count). The number of hydrogen-bond donors (Lipinski definition) is 2. The first-order chi connectivity index (χ1) is 12.2. The van der Waals surface area contributed by atoms with E-state index in [1.807, 2.05) is 36.4 Å². The molecule has 2 atom stereocenters. The number of allylic oxidation sites excluding steroid dienone is 2. The van der Waals surface area contributed by atoms with Gasteiger partial charge in [-0.3, -0.25) is 4.79 Å². The molecule has 2 N–H and O–H groups in total. The number of aliphatic hydroxyl groups is 1. The van der Waals surface area contributed by atoms with Crippen molar-refractivity contribution in [2.24, 2.45) is 16.9 Å². The highest BCUT2D eigenvalue weighted by Gasteiger charge is 2.41. The predicted molar refractivity (Wildman–Crippen MR) is 96.8 cm³/mol. The molecule has 0 heterocycles. The maximum Gasteiger partial charge on any atom is 0.281 e. The second-order valence-electron chi connectivity index (χ2n) is 6.62. The van der Waals surface area contributed by atoms with E-state index in [-0.39, 0.29) is 0 Å². The average molecular weight is 332 g/mol. The van der Waals surface area contributed by atoms with Gasteiger partial charge in [0.25, 0.3) is 5.91 Å². The number of carbonyl (C=O) groups is 1. The van der Waals surface area contributed by atoms with Crippen molar-refractivity contribution in [1.29, 1.82) is 0 Å². The number of nitrogens with zero attached hydrogens (tertiary/aromatic N) is 1. The van der Waals surface area contributed by atoms with Crippen molar-refractivity contribution in [2.45, 2.75) is 18.4 Å². The first-order valence-corrected chi connectivity index (χ1v) is 8.56. The Kier molecular flexibility index (Phi) is 3.98. The van der Waals surface area contributed by atoms with Gasteiger partial charge < -0.3 is 5.11 Å². The molecule has 2 unspecified atom stereocenters. The minimum Gasteiger partial charge on any atom is -0.372 e. The molecule has 2 aromatic rings. The SMILES string of the molecule is O=C(N/N=C1\CC2C=CCC12)C(O)(c1ccccc1)c1ccccc1. The highest BCUT2D eigenvalue weighted by atomic mass is 16.3. The fourth-order valence-electron chi connectivity index (χ4n) is 3.65. The monoisotopic (exact) mass is 332 g/mol. The smallest absolute Gasteiger partial charge is 0.281 e. The quantitative estimate of drug-likeness (QED) is 0.668. The first kappa shape index (κ1) is 15.8. The predicted octanol–water partition coefficient (Wildman–Crippen LogP) is 2.99. The highest BCUT2D eigenvalue weighted by Crippen LogP contribution is 2.40. The fourth-order valence-corrected chi connectivity index (χ4v) is 3.65. The van der Waals surface area contributed by atoms with Gasteiger partial charge in [-0.15, -0.1) is 0 Å². The number of hydrogen-bond acceptors (Lipinski definition) is 3. The summed E-state index contributed by atoms with van der Waals surface area (Å²) in [6.45, 7) is 0. The van der Waals surface area contributed by atoms with Gasteiger partial charge in [0.15, 0.2) is 5.60 Å². The number of fused-ring (bicyclic) bond motifs is 1. The summed E-state index contributed by atoms with van der Waals surface area (Å²) in [4.78, 5) is 12.9. The van der Waals surface area contributed by atoms with E-state index in [4.69, 9.17) is 0 Å². The van der Waals surface area contributed by atoms with Crippen molar-refractivity contribution < 1.29 is 9.90 Å². The Balaban J connectivity index is 1.62. The zero-order valence-corrected chi connectivity index (χ0v) is 13.8. The minimum absolute atomic E-state index is 0.418. The molecule has 0 bridgehead atoms. The molecule has 2 aromatic carbocycles. The van der Waals surface area contributed by atoms with Gasteiger partial charge in [0.1, 0.15) is 0 Å². The lowest BCUT2D eigenvalue weighted by atomic mass is 9.74.